The Morgan fingerprint density at radius 2 is 0.519 bits per heavy atom. The largest absolute Gasteiger partial charge is 0.472 e. The molecule has 0 bridgehead atoms. The lowest BCUT2D eigenvalue weighted by Gasteiger charge is -2.21. The molecule has 0 amide bonds. The van der Waals surface area contributed by atoms with Gasteiger partial charge in [0.2, 0.25) is 0 Å². The highest BCUT2D eigenvalue weighted by atomic mass is 31.2. The number of ether oxygens (including phenoxy) is 4. The van der Waals surface area contributed by atoms with E-state index in [1.807, 2.05) is 18.2 Å². The molecule has 592 valence electrons. The molecule has 0 saturated carbocycles. The van der Waals surface area contributed by atoms with E-state index in [9.17, 15) is 43.2 Å². The van der Waals surface area contributed by atoms with Gasteiger partial charge in [-0.1, -0.05) is 269 Å². The SMILES string of the molecule is CC/C=C\C/C=C\C/C=C\C/C=C\C/C=C\C/C=C\CCC(=O)OCC(COP(=O)(O)OCC(O)COP(=O)(O)OCC(COC(=O)CCCCCC/C=C\C/C=C\C/C=C\C/C=C\CC)OC(=O)CCCCCCC/C=C\C/C=C\CCCCC)OC(=O)CCCCCCC/C=C\CCCCCC. The maximum Gasteiger partial charge on any atom is 0.472 e. The summed E-state index contributed by atoms with van der Waals surface area (Å²) in [6, 6.07) is 0. The Balaban J connectivity index is 5.46. The topological polar surface area (TPSA) is 237 Å². The molecule has 0 aromatic heterocycles. The van der Waals surface area contributed by atoms with E-state index in [4.69, 9.17) is 37.0 Å². The number of phosphoric acid groups is 2. The summed E-state index contributed by atoms with van der Waals surface area (Å²) in [6.45, 7) is 4.46. The average molecular weight is 1500 g/mol. The van der Waals surface area contributed by atoms with Crippen LogP contribution in [0.25, 0.3) is 0 Å². The van der Waals surface area contributed by atoms with Gasteiger partial charge in [-0.15, -0.1) is 0 Å². The number of carbonyl (C=O) groups is 4. The Bertz CT molecular complexity index is 2590. The van der Waals surface area contributed by atoms with Gasteiger partial charge in [-0.2, -0.15) is 0 Å². The van der Waals surface area contributed by atoms with E-state index in [2.05, 4.69) is 167 Å². The molecule has 0 aliphatic carbocycles. The van der Waals surface area contributed by atoms with Crippen LogP contribution in [0.4, 0.5) is 0 Å². The van der Waals surface area contributed by atoms with Crippen LogP contribution in [0, 0.1) is 0 Å². The molecule has 0 spiro atoms. The monoisotopic (exact) mass is 1490 g/mol. The van der Waals surface area contributed by atoms with Crippen LogP contribution >= 0.6 is 15.6 Å². The Morgan fingerprint density at radius 3 is 0.856 bits per heavy atom. The highest BCUT2D eigenvalue weighted by Crippen LogP contribution is 2.45. The number of rotatable bonds is 73. The van der Waals surface area contributed by atoms with Gasteiger partial charge in [-0.25, -0.2) is 9.13 Å². The maximum absolute atomic E-state index is 13.1. The summed E-state index contributed by atoms with van der Waals surface area (Å²) in [4.78, 5) is 73.0. The number of aliphatic hydroxyl groups excluding tert-OH is 1. The van der Waals surface area contributed by atoms with E-state index in [1.54, 1.807) is 0 Å². The van der Waals surface area contributed by atoms with Crippen LogP contribution in [-0.4, -0.2) is 96.7 Å². The van der Waals surface area contributed by atoms with Crippen molar-refractivity contribution in [3.63, 3.8) is 0 Å². The summed E-state index contributed by atoms with van der Waals surface area (Å²) in [5.74, 6) is -2.33. The first-order valence-electron chi connectivity index (χ1n) is 39.7. The van der Waals surface area contributed by atoms with Gasteiger partial charge in [-0.05, 0) is 161 Å². The normalized spacial score (nSPS) is 14.7. The number of aliphatic hydroxyl groups is 1. The molecule has 0 radical (unpaired) electrons. The van der Waals surface area contributed by atoms with Crippen LogP contribution < -0.4 is 0 Å². The van der Waals surface area contributed by atoms with E-state index in [0.29, 0.717) is 32.1 Å². The van der Waals surface area contributed by atoms with Crippen molar-refractivity contribution in [1.29, 1.82) is 0 Å². The zero-order chi connectivity index (χ0) is 76.0. The standard InChI is InChI=1S/C85H140O17P2/c1-5-9-13-17-21-25-29-33-36-38-39-41-44-47-50-54-58-62-66-70-83(88)95-75-80(101-84(89)71-67-63-59-55-51-45-32-28-24-20-16-12-8-4)77-99-103(91,92)97-73-79(86)74-98-104(93,94)100-78-81(102-85(90)72-68-64-60-56-52-48-42-35-31-27-23-19-15-11-7-3)76-96-82(87)69-65-61-57-53-49-46-43-40-37-34-30-26-22-18-14-10-6-2/h9-10,13-14,21-23,25-28,32-37,39,41-43,46-47,50,58,62,79-81,86H,5-8,11-12,15-20,24,29-31,38,40,44-45,48-49,51-57,59-61,63-78H2,1-4H3,(H,91,92)(H,93,94)/b13-9-,14-10-,25-21-,26-22-,27-23-,32-28-,36-33-,37-34-,41-39-,42-35-,46-43-,50-47-,62-58-. The molecule has 0 fully saturated rings. The van der Waals surface area contributed by atoms with E-state index < -0.39 is 97.5 Å². The van der Waals surface area contributed by atoms with Gasteiger partial charge in [0.1, 0.15) is 19.3 Å². The van der Waals surface area contributed by atoms with Crippen molar-refractivity contribution in [3.05, 3.63) is 158 Å². The molecule has 0 aliphatic heterocycles. The average Bonchev–Trinajstić information content (AvgIpc) is 0.939. The summed E-state index contributed by atoms with van der Waals surface area (Å²) in [7, 11) is -10.00. The molecule has 19 heteroatoms. The predicted octanol–water partition coefficient (Wildman–Crippen LogP) is 23.2. The van der Waals surface area contributed by atoms with E-state index in [-0.39, 0.29) is 25.7 Å². The molecule has 17 nitrogen and oxygen atoms in total. The summed E-state index contributed by atoms with van der Waals surface area (Å²) in [5.41, 5.74) is 0. The van der Waals surface area contributed by atoms with Crippen LogP contribution in [-0.2, 0) is 65.4 Å². The zero-order valence-electron chi connectivity index (χ0n) is 64.6. The van der Waals surface area contributed by atoms with Crippen molar-refractivity contribution in [3.8, 4) is 0 Å². The third kappa shape index (κ3) is 74.9. The van der Waals surface area contributed by atoms with Crippen LogP contribution in [0.15, 0.2) is 158 Å². The van der Waals surface area contributed by atoms with Gasteiger partial charge < -0.3 is 33.8 Å². The fourth-order valence-electron chi connectivity index (χ4n) is 9.97. The molecule has 104 heavy (non-hydrogen) atoms. The molecule has 3 N–H and O–H groups in total. The Hall–Kier alpha value is -5.32. The van der Waals surface area contributed by atoms with Crippen molar-refractivity contribution in [2.75, 3.05) is 39.6 Å². The second kappa shape index (κ2) is 75.9. The van der Waals surface area contributed by atoms with Crippen LogP contribution in [0.5, 0.6) is 0 Å². The first-order chi connectivity index (χ1) is 50.7. The fraction of sp³-hybridized carbons (Fsp3) is 0.647. The number of allylic oxidation sites excluding steroid dienone is 26. The van der Waals surface area contributed by atoms with Crippen molar-refractivity contribution >= 4 is 39.5 Å². The van der Waals surface area contributed by atoms with Gasteiger partial charge >= 0.3 is 39.5 Å². The third-order valence-electron chi connectivity index (χ3n) is 16.0. The van der Waals surface area contributed by atoms with Crippen molar-refractivity contribution in [2.24, 2.45) is 0 Å². The number of carbonyl (C=O) groups excluding carboxylic acids is 4. The van der Waals surface area contributed by atoms with Gasteiger partial charge in [0, 0.05) is 25.7 Å². The molecule has 5 unspecified atom stereocenters. The Labute approximate surface area is 629 Å². The van der Waals surface area contributed by atoms with Crippen LogP contribution in [0.2, 0.25) is 0 Å². The summed E-state index contributed by atoms with van der Waals surface area (Å²) in [5, 5.41) is 10.6. The number of esters is 4. The van der Waals surface area contributed by atoms with Crippen molar-refractivity contribution in [1.82, 2.24) is 0 Å². The molecular weight excluding hydrogens is 1350 g/mol. The highest BCUT2D eigenvalue weighted by Gasteiger charge is 2.30. The second-order valence-corrected chi connectivity index (χ2v) is 28.8. The smallest absolute Gasteiger partial charge is 0.462 e. The highest BCUT2D eigenvalue weighted by molar-refractivity contribution is 7.47. The molecule has 0 heterocycles. The van der Waals surface area contributed by atoms with E-state index in [1.165, 1.54) is 44.9 Å². The molecule has 0 aromatic rings. The summed E-state index contributed by atoms with van der Waals surface area (Å²) < 4.78 is 68.5. The Kier molecular flexibility index (Phi) is 72.0. The molecule has 0 aromatic carbocycles. The lowest BCUT2D eigenvalue weighted by atomic mass is 10.1. The quantitative estimate of drug-likeness (QED) is 0.0169. The van der Waals surface area contributed by atoms with Crippen molar-refractivity contribution in [2.45, 2.75) is 316 Å². The number of unbranched alkanes of at least 4 members (excludes halogenated alkanes) is 21. The Morgan fingerprint density at radius 1 is 0.279 bits per heavy atom. The van der Waals surface area contributed by atoms with Gasteiger partial charge in [0.05, 0.1) is 26.4 Å². The lowest BCUT2D eigenvalue weighted by molar-refractivity contribution is -0.161. The zero-order valence-corrected chi connectivity index (χ0v) is 66.4. The molecule has 0 saturated heterocycles. The van der Waals surface area contributed by atoms with Crippen molar-refractivity contribution < 1.29 is 80.2 Å². The molecular formula is C85H140O17P2. The van der Waals surface area contributed by atoms with Gasteiger partial charge in [-0.3, -0.25) is 37.3 Å². The minimum atomic E-state index is -5.00. The van der Waals surface area contributed by atoms with Crippen LogP contribution in [0.1, 0.15) is 297 Å². The first kappa shape index (κ1) is 98.7. The number of phosphoric ester groups is 2. The molecule has 0 aliphatic rings. The number of hydrogen-bond donors (Lipinski definition) is 3. The minimum Gasteiger partial charge on any atom is -0.462 e. The van der Waals surface area contributed by atoms with Crippen LogP contribution in [0.3, 0.4) is 0 Å². The third-order valence-corrected chi connectivity index (χ3v) is 17.9. The summed E-state index contributed by atoms with van der Waals surface area (Å²) in [6.07, 6.45) is 88.1. The summed E-state index contributed by atoms with van der Waals surface area (Å²) >= 11 is 0. The maximum atomic E-state index is 13.1. The van der Waals surface area contributed by atoms with E-state index in [0.717, 1.165) is 167 Å². The van der Waals surface area contributed by atoms with E-state index >= 15 is 0 Å². The number of hydrogen-bond acceptors (Lipinski definition) is 15. The first-order valence-corrected chi connectivity index (χ1v) is 42.7. The van der Waals surface area contributed by atoms with Gasteiger partial charge in [0.25, 0.3) is 0 Å². The second-order valence-electron chi connectivity index (χ2n) is 25.9. The van der Waals surface area contributed by atoms with Gasteiger partial charge in [0.15, 0.2) is 12.2 Å². The fourth-order valence-corrected chi connectivity index (χ4v) is 11.5. The molecule has 5 atom stereocenters. The predicted molar refractivity (Wildman–Crippen MR) is 427 cm³/mol. The minimum absolute atomic E-state index is 0.0298. The lowest BCUT2D eigenvalue weighted by Crippen LogP contribution is -2.30. The molecule has 0 rings (SSSR count).